The lowest BCUT2D eigenvalue weighted by Crippen LogP contribution is -2.41. The molecule has 0 amide bonds. The molecule has 0 radical (unpaired) electrons. The van der Waals surface area contributed by atoms with Crippen LogP contribution in [0.1, 0.15) is 26.7 Å². The van der Waals surface area contributed by atoms with Gasteiger partial charge in [0.2, 0.25) is 0 Å². The van der Waals surface area contributed by atoms with Crippen LogP contribution < -0.4 is 0 Å². The Balaban J connectivity index is 2.64. The van der Waals surface area contributed by atoms with Gasteiger partial charge in [-0.05, 0) is 19.8 Å². The summed E-state index contributed by atoms with van der Waals surface area (Å²) in [6, 6.07) is 0. The zero-order chi connectivity index (χ0) is 9.90. The fourth-order valence-electron chi connectivity index (χ4n) is 2.12. The molecule has 13 heavy (non-hydrogen) atoms. The molecule has 0 N–H and O–H groups in total. The van der Waals surface area contributed by atoms with Gasteiger partial charge in [-0.1, -0.05) is 6.92 Å². The minimum absolute atomic E-state index is 0.334. The quantitative estimate of drug-likeness (QED) is 0.630. The predicted molar refractivity (Wildman–Crippen MR) is 50.6 cm³/mol. The van der Waals surface area contributed by atoms with Crippen LogP contribution in [0.4, 0.5) is 0 Å². The molecule has 3 heteroatoms. The maximum Gasteiger partial charge on any atom is 0.172 e. The maximum atomic E-state index is 5.52. The summed E-state index contributed by atoms with van der Waals surface area (Å²) in [5.41, 5.74) is 0. The predicted octanol–water partition coefficient (Wildman–Crippen LogP) is 1.81. The Morgan fingerprint density at radius 2 is 2.00 bits per heavy atom. The van der Waals surface area contributed by atoms with E-state index >= 15 is 0 Å². The Bertz CT molecular complexity index is 146. The van der Waals surface area contributed by atoms with Crippen molar-refractivity contribution in [2.45, 2.75) is 38.6 Å². The summed E-state index contributed by atoms with van der Waals surface area (Å²) in [5, 5.41) is 0. The first kappa shape index (κ1) is 11.0. The van der Waals surface area contributed by atoms with Crippen molar-refractivity contribution in [1.82, 2.24) is 0 Å². The van der Waals surface area contributed by atoms with Crippen LogP contribution in [0.5, 0.6) is 0 Å². The molecule has 2 atom stereocenters. The van der Waals surface area contributed by atoms with Crippen LogP contribution in [0.15, 0.2) is 0 Å². The smallest absolute Gasteiger partial charge is 0.172 e. The molecule has 1 saturated heterocycles. The van der Waals surface area contributed by atoms with Crippen molar-refractivity contribution < 1.29 is 14.2 Å². The number of hydrogen-bond donors (Lipinski definition) is 0. The third kappa shape index (κ3) is 2.03. The van der Waals surface area contributed by atoms with Gasteiger partial charge in [0, 0.05) is 20.1 Å². The van der Waals surface area contributed by atoms with Gasteiger partial charge in [0.15, 0.2) is 5.79 Å². The van der Waals surface area contributed by atoms with E-state index in [0.29, 0.717) is 12.0 Å². The molecule has 1 aliphatic rings. The van der Waals surface area contributed by atoms with Gasteiger partial charge in [0.1, 0.15) is 0 Å². The second kappa shape index (κ2) is 4.40. The molecule has 0 saturated carbocycles. The molecule has 0 aromatic rings. The zero-order valence-electron chi connectivity index (χ0n) is 9.00. The van der Waals surface area contributed by atoms with E-state index in [-0.39, 0.29) is 0 Å². The lowest BCUT2D eigenvalue weighted by atomic mass is 9.93. The highest BCUT2D eigenvalue weighted by Crippen LogP contribution is 2.34. The van der Waals surface area contributed by atoms with Crippen LogP contribution in [-0.4, -0.2) is 32.7 Å². The highest BCUT2D eigenvalue weighted by Gasteiger charge is 2.41. The third-order valence-corrected chi connectivity index (χ3v) is 3.00. The summed E-state index contributed by atoms with van der Waals surface area (Å²) >= 11 is 0. The molecule has 0 bridgehead atoms. The molecular formula is C10H20O3. The first-order valence-corrected chi connectivity index (χ1v) is 4.90. The van der Waals surface area contributed by atoms with Gasteiger partial charge in [0.25, 0.3) is 0 Å². The summed E-state index contributed by atoms with van der Waals surface area (Å²) < 4.78 is 16.4. The van der Waals surface area contributed by atoms with Crippen molar-refractivity contribution in [3.63, 3.8) is 0 Å². The van der Waals surface area contributed by atoms with Crippen molar-refractivity contribution in [1.29, 1.82) is 0 Å². The van der Waals surface area contributed by atoms with E-state index in [1.807, 2.05) is 0 Å². The minimum Gasteiger partial charge on any atom is -0.378 e. The average molecular weight is 188 g/mol. The van der Waals surface area contributed by atoms with Crippen molar-refractivity contribution >= 4 is 0 Å². The zero-order valence-corrected chi connectivity index (χ0v) is 9.00. The summed E-state index contributed by atoms with van der Waals surface area (Å²) in [6.45, 7) is 4.92. The molecule has 78 valence electrons. The van der Waals surface area contributed by atoms with Gasteiger partial charge < -0.3 is 14.2 Å². The molecule has 0 spiro atoms. The van der Waals surface area contributed by atoms with Crippen LogP contribution in [0.3, 0.4) is 0 Å². The summed E-state index contributed by atoms with van der Waals surface area (Å²) in [5.74, 6) is -0.0763. The highest BCUT2D eigenvalue weighted by atomic mass is 16.7. The van der Waals surface area contributed by atoms with Crippen molar-refractivity contribution in [3.05, 3.63) is 0 Å². The first-order chi connectivity index (χ1) is 6.18. The number of methoxy groups -OCH3 is 2. The minimum atomic E-state index is -0.440. The number of rotatable bonds is 4. The van der Waals surface area contributed by atoms with E-state index in [2.05, 4.69) is 13.8 Å². The highest BCUT2D eigenvalue weighted by molar-refractivity contribution is 4.83. The Labute approximate surface area is 80.4 Å². The van der Waals surface area contributed by atoms with Crippen LogP contribution in [0.25, 0.3) is 0 Å². The molecule has 0 aromatic heterocycles. The van der Waals surface area contributed by atoms with Gasteiger partial charge in [-0.3, -0.25) is 0 Å². The van der Waals surface area contributed by atoms with Gasteiger partial charge in [-0.25, -0.2) is 0 Å². The molecule has 1 heterocycles. The molecule has 1 aliphatic heterocycles. The van der Waals surface area contributed by atoms with E-state index in [1.54, 1.807) is 14.2 Å². The van der Waals surface area contributed by atoms with E-state index in [9.17, 15) is 0 Å². The van der Waals surface area contributed by atoms with Gasteiger partial charge in [-0.15, -0.1) is 0 Å². The van der Waals surface area contributed by atoms with Crippen LogP contribution in [0, 0.1) is 5.92 Å². The van der Waals surface area contributed by atoms with Gasteiger partial charge >= 0.3 is 0 Å². The molecular weight excluding hydrogens is 168 g/mol. The molecule has 3 nitrogen and oxygen atoms in total. The third-order valence-electron chi connectivity index (χ3n) is 3.00. The Hall–Kier alpha value is -0.120. The summed E-state index contributed by atoms with van der Waals surface area (Å²) in [6.07, 6.45) is 2.22. The van der Waals surface area contributed by atoms with Crippen LogP contribution >= 0.6 is 0 Å². The van der Waals surface area contributed by atoms with E-state index in [4.69, 9.17) is 14.2 Å². The summed E-state index contributed by atoms with van der Waals surface area (Å²) in [7, 11) is 3.41. The number of ether oxygens (including phenoxy) is 3. The molecule has 0 aliphatic carbocycles. The first-order valence-electron chi connectivity index (χ1n) is 4.90. The molecule has 1 rings (SSSR count). The van der Waals surface area contributed by atoms with Gasteiger partial charge in [-0.2, -0.15) is 0 Å². The normalized spacial score (nSPS) is 29.5. The Morgan fingerprint density at radius 3 is 2.31 bits per heavy atom. The fourth-order valence-corrected chi connectivity index (χ4v) is 2.12. The molecule has 1 fully saturated rings. The topological polar surface area (TPSA) is 27.7 Å². The van der Waals surface area contributed by atoms with Crippen LogP contribution in [-0.2, 0) is 14.2 Å². The Morgan fingerprint density at radius 1 is 1.38 bits per heavy atom. The van der Waals surface area contributed by atoms with Crippen molar-refractivity contribution in [2.24, 2.45) is 5.92 Å². The lowest BCUT2D eigenvalue weighted by molar-refractivity contribution is -0.240. The van der Waals surface area contributed by atoms with E-state index < -0.39 is 5.79 Å². The van der Waals surface area contributed by atoms with Gasteiger partial charge in [0.05, 0.1) is 12.7 Å². The van der Waals surface area contributed by atoms with Crippen molar-refractivity contribution in [2.75, 3.05) is 20.8 Å². The second-order valence-corrected chi connectivity index (χ2v) is 3.65. The number of hydrogen-bond acceptors (Lipinski definition) is 3. The lowest BCUT2D eigenvalue weighted by Gasteiger charge is -2.34. The van der Waals surface area contributed by atoms with Crippen LogP contribution in [0.2, 0.25) is 0 Å². The Kier molecular flexibility index (Phi) is 3.71. The standard InChI is InChI=1S/C10H20O3/c1-5-10(11-3,12-4)9-6-8(2)13-7-9/h8-9H,5-7H2,1-4H3. The maximum absolute atomic E-state index is 5.52. The largest absolute Gasteiger partial charge is 0.378 e. The molecule has 2 unspecified atom stereocenters. The summed E-state index contributed by atoms with van der Waals surface area (Å²) in [4.78, 5) is 0. The monoisotopic (exact) mass is 188 g/mol. The second-order valence-electron chi connectivity index (χ2n) is 3.65. The molecule has 0 aromatic carbocycles. The SMILES string of the molecule is CCC(OC)(OC)C1COC(C)C1. The van der Waals surface area contributed by atoms with E-state index in [0.717, 1.165) is 19.4 Å². The van der Waals surface area contributed by atoms with E-state index in [1.165, 1.54) is 0 Å². The van der Waals surface area contributed by atoms with Crippen molar-refractivity contribution in [3.8, 4) is 0 Å². The fraction of sp³-hybridized carbons (Fsp3) is 1.00. The average Bonchev–Trinajstić information content (AvgIpc) is 2.57.